The number of nitrogens with one attached hydrogen (secondary N) is 3. The topological polar surface area (TPSA) is 188 Å². The Bertz CT molecular complexity index is 660. The van der Waals surface area contributed by atoms with Gasteiger partial charge in [0, 0.05) is 24.7 Å². The second kappa shape index (κ2) is 10.3. The monoisotopic (exact) mass is 383 g/mol. The number of imidazole rings is 1. The normalized spacial score (nSPS) is 14.2. The van der Waals surface area contributed by atoms with Gasteiger partial charge in [0.05, 0.1) is 12.4 Å². The maximum Gasteiger partial charge on any atom is 0.326 e. The van der Waals surface area contributed by atoms with Crippen molar-refractivity contribution in [1.29, 1.82) is 0 Å². The highest BCUT2D eigenvalue weighted by Crippen LogP contribution is 2.05. The highest BCUT2D eigenvalue weighted by molar-refractivity contribution is 5.92. The molecule has 7 N–H and O–H groups in total. The Morgan fingerprint density at radius 3 is 2.26 bits per heavy atom. The highest BCUT2D eigenvalue weighted by Gasteiger charge is 2.29. The van der Waals surface area contributed by atoms with Crippen LogP contribution >= 0.6 is 0 Å². The summed E-state index contributed by atoms with van der Waals surface area (Å²) in [4.78, 5) is 53.4. The predicted octanol–water partition coefficient (Wildman–Crippen LogP) is -1.15. The molecule has 0 aromatic carbocycles. The lowest BCUT2D eigenvalue weighted by Gasteiger charge is -2.23. The molecule has 1 aromatic rings. The molecule has 11 nitrogen and oxygen atoms in total. The Morgan fingerprint density at radius 2 is 1.78 bits per heavy atom. The quantitative estimate of drug-likeness (QED) is 0.276. The Labute approximate surface area is 155 Å². The van der Waals surface area contributed by atoms with Crippen LogP contribution in [0.5, 0.6) is 0 Å². The highest BCUT2D eigenvalue weighted by atomic mass is 16.4. The van der Waals surface area contributed by atoms with Gasteiger partial charge in [0.2, 0.25) is 11.8 Å². The second-order valence-electron chi connectivity index (χ2n) is 6.44. The molecule has 0 aliphatic rings. The van der Waals surface area contributed by atoms with Crippen LogP contribution in [0.4, 0.5) is 0 Å². The maximum atomic E-state index is 12.5. The first kappa shape index (κ1) is 22.1. The average molecular weight is 383 g/mol. The molecule has 0 spiro atoms. The molecule has 0 radical (unpaired) electrons. The van der Waals surface area contributed by atoms with Gasteiger partial charge in [-0.15, -0.1) is 0 Å². The van der Waals surface area contributed by atoms with Gasteiger partial charge in [-0.3, -0.25) is 14.4 Å². The van der Waals surface area contributed by atoms with Crippen LogP contribution in [0.1, 0.15) is 32.4 Å². The van der Waals surface area contributed by atoms with Gasteiger partial charge in [0.1, 0.15) is 12.1 Å². The molecule has 3 atom stereocenters. The standard InChI is InChI=1S/C16H25N5O6/c1-8(2)13(17)15(25)20-10(3-4-12(22)23)14(24)21-11(16(26)27)5-9-6-18-7-19-9/h6-8,10-11,13H,3-5,17H2,1-2H3,(H,18,19)(H,20,25)(H,21,24)(H,22,23)(H,26,27)/t10-,11-,13-/m0/s1. The first-order valence-corrected chi connectivity index (χ1v) is 8.40. The fraction of sp³-hybridized carbons (Fsp3) is 0.562. The smallest absolute Gasteiger partial charge is 0.326 e. The van der Waals surface area contributed by atoms with E-state index >= 15 is 0 Å². The van der Waals surface area contributed by atoms with Crippen LogP contribution in [0.15, 0.2) is 12.5 Å². The van der Waals surface area contributed by atoms with Crippen molar-refractivity contribution < 1.29 is 29.4 Å². The Kier molecular flexibility index (Phi) is 8.39. The number of hydrogen-bond donors (Lipinski definition) is 6. The minimum atomic E-state index is -1.28. The molecule has 11 heteroatoms. The molecule has 0 aliphatic heterocycles. The van der Waals surface area contributed by atoms with Crippen LogP contribution in [0.3, 0.4) is 0 Å². The first-order chi connectivity index (χ1) is 12.6. The van der Waals surface area contributed by atoms with Crippen molar-refractivity contribution in [2.45, 2.75) is 51.2 Å². The largest absolute Gasteiger partial charge is 0.481 e. The summed E-state index contributed by atoms with van der Waals surface area (Å²) in [5, 5.41) is 22.9. The Balaban J connectivity index is 2.84. The van der Waals surface area contributed by atoms with Crippen LogP contribution in [-0.4, -0.2) is 62.1 Å². The number of carboxylic acids is 2. The van der Waals surface area contributed by atoms with E-state index in [1.807, 2.05) is 0 Å². The molecule has 1 heterocycles. The minimum absolute atomic E-state index is 0.0494. The van der Waals surface area contributed by atoms with Crippen LogP contribution in [-0.2, 0) is 25.6 Å². The number of rotatable bonds is 11. The zero-order chi connectivity index (χ0) is 20.6. The molecule has 0 bridgehead atoms. The summed E-state index contributed by atoms with van der Waals surface area (Å²) in [6.07, 6.45) is 2.17. The fourth-order valence-corrected chi connectivity index (χ4v) is 2.20. The van der Waals surface area contributed by atoms with E-state index in [0.29, 0.717) is 5.69 Å². The van der Waals surface area contributed by atoms with E-state index in [2.05, 4.69) is 20.6 Å². The third-order valence-electron chi connectivity index (χ3n) is 3.89. The van der Waals surface area contributed by atoms with E-state index in [1.165, 1.54) is 12.5 Å². The zero-order valence-corrected chi connectivity index (χ0v) is 15.1. The molecule has 0 fully saturated rings. The van der Waals surface area contributed by atoms with Crippen molar-refractivity contribution in [1.82, 2.24) is 20.6 Å². The summed E-state index contributed by atoms with van der Waals surface area (Å²) in [6.45, 7) is 3.45. The van der Waals surface area contributed by atoms with Gasteiger partial charge in [-0.05, 0) is 12.3 Å². The molecule has 0 aliphatic carbocycles. The van der Waals surface area contributed by atoms with E-state index in [1.54, 1.807) is 13.8 Å². The Morgan fingerprint density at radius 1 is 1.15 bits per heavy atom. The lowest BCUT2D eigenvalue weighted by Crippen LogP contribution is -2.55. The average Bonchev–Trinajstić information content (AvgIpc) is 3.09. The first-order valence-electron chi connectivity index (χ1n) is 8.40. The molecule has 1 aromatic heterocycles. The van der Waals surface area contributed by atoms with Crippen molar-refractivity contribution >= 4 is 23.8 Å². The fourth-order valence-electron chi connectivity index (χ4n) is 2.20. The summed E-state index contributed by atoms with van der Waals surface area (Å²) in [7, 11) is 0. The number of aromatic nitrogens is 2. The number of hydrogen-bond acceptors (Lipinski definition) is 6. The molecule has 27 heavy (non-hydrogen) atoms. The van der Waals surface area contributed by atoms with Gasteiger partial charge in [-0.2, -0.15) is 0 Å². The van der Waals surface area contributed by atoms with E-state index in [0.717, 1.165) is 0 Å². The van der Waals surface area contributed by atoms with Gasteiger partial charge in [-0.1, -0.05) is 13.8 Å². The zero-order valence-electron chi connectivity index (χ0n) is 15.1. The number of carboxylic acid groups (broad SMARTS) is 2. The molecule has 2 amide bonds. The Hall–Kier alpha value is -2.95. The SMILES string of the molecule is CC(C)[C@H](N)C(=O)N[C@@H](CCC(=O)O)C(=O)N[C@@H](Cc1cnc[nH]1)C(=O)O. The molecule has 150 valence electrons. The van der Waals surface area contributed by atoms with Gasteiger partial charge in [-0.25, -0.2) is 9.78 Å². The molecule has 0 saturated heterocycles. The van der Waals surface area contributed by atoms with E-state index in [-0.39, 0.29) is 25.2 Å². The van der Waals surface area contributed by atoms with E-state index in [9.17, 15) is 24.3 Å². The van der Waals surface area contributed by atoms with Crippen LogP contribution in [0, 0.1) is 5.92 Å². The van der Waals surface area contributed by atoms with Gasteiger partial charge >= 0.3 is 11.9 Å². The molecule has 0 saturated carbocycles. The number of aliphatic carboxylic acids is 2. The van der Waals surface area contributed by atoms with Crippen LogP contribution in [0.2, 0.25) is 0 Å². The summed E-state index contributed by atoms with van der Waals surface area (Å²) < 4.78 is 0. The lowest BCUT2D eigenvalue weighted by atomic mass is 10.0. The molecular weight excluding hydrogens is 358 g/mol. The lowest BCUT2D eigenvalue weighted by molar-refractivity contribution is -0.143. The predicted molar refractivity (Wildman–Crippen MR) is 93.5 cm³/mol. The van der Waals surface area contributed by atoms with Crippen LogP contribution < -0.4 is 16.4 Å². The van der Waals surface area contributed by atoms with Crippen molar-refractivity contribution in [2.75, 3.05) is 0 Å². The maximum absolute atomic E-state index is 12.5. The summed E-state index contributed by atoms with van der Waals surface area (Å²) in [5.74, 6) is -4.04. The number of carbonyl (C=O) groups is 4. The van der Waals surface area contributed by atoms with Crippen molar-refractivity contribution in [3.63, 3.8) is 0 Å². The molecular formula is C16H25N5O6. The third kappa shape index (κ3) is 7.44. The number of amides is 2. The summed E-state index contributed by atoms with van der Waals surface area (Å²) >= 11 is 0. The molecule has 0 unspecified atom stereocenters. The van der Waals surface area contributed by atoms with E-state index < -0.39 is 41.9 Å². The van der Waals surface area contributed by atoms with Crippen molar-refractivity contribution in [3.8, 4) is 0 Å². The molecule has 1 rings (SSSR count). The van der Waals surface area contributed by atoms with Gasteiger partial charge in [0.15, 0.2) is 0 Å². The summed E-state index contributed by atoms with van der Waals surface area (Å²) in [6, 6.07) is -3.38. The number of nitrogens with zero attached hydrogens (tertiary/aromatic N) is 1. The number of H-pyrrole nitrogens is 1. The van der Waals surface area contributed by atoms with Crippen molar-refractivity contribution in [3.05, 3.63) is 18.2 Å². The summed E-state index contributed by atoms with van der Waals surface area (Å²) in [5.41, 5.74) is 6.23. The number of nitrogens with two attached hydrogens (primary N) is 1. The van der Waals surface area contributed by atoms with E-state index in [4.69, 9.17) is 10.8 Å². The van der Waals surface area contributed by atoms with Crippen LogP contribution in [0.25, 0.3) is 0 Å². The number of aromatic amines is 1. The minimum Gasteiger partial charge on any atom is -0.481 e. The third-order valence-corrected chi connectivity index (χ3v) is 3.89. The second-order valence-corrected chi connectivity index (χ2v) is 6.44. The van der Waals surface area contributed by atoms with Crippen molar-refractivity contribution in [2.24, 2.45) is 11.7 Å². The van der Waals surface area contributed by atoms with Gasteiger partial charge < -0.3 is 31.6 Å². The number of carbonyl (C=O) groups excluding carboxylic acids is 2. The van der Waals surface area contributed by atoms with Gasteiger partial charge in [0.25, 0.3) is 0 Å².